The number of carboxylic acid groups (broad SMARTS) is 1. The second-order valence-corrected chi connectivity index (χ2v) is 22.2. The number of hydrogen-bond acceptors (Lipinski definition) is 14. The number of rotatable bonds is 15. The highest BCUT2D eigenvalue weighted by Crippen LogP contribution is 2.40. The zero-order valence-electron chi connectivity index (χ0n) is 52.0. The third kappa shape index (κ3) is 17.9. The normalized spacial score (nSPS) is 14.4. The van der Waals surface area contributed by atoms with Gasteiger partial charge in [-0.3, -0.25) is 24.0 Å². The molecule has 3 aromatic heterocycles. The van der Waals surface area contributed by atoms with Crippen LogP contribution in [0.2, 0.25) is 0 Å². The van der Waals surface area contributed by atoms with Crippen LogP contribution in [0, 0.1) is 0 Å². The summed E-state index contributed by atoms with van der Waals surface area (Å²) in [6, 6.07) is 42.4. The number of pyridine rings is 3. The number of benzene rings is 6. The Morgan fingerprint density at radius 1 is 0.531 bits per heavy atom. The van der Waals surface area contributed by atoms with E-state index in [1.807, 2.05) is 32.0 Å². The Labute approximate surface area is 552 Å². The van der Waals surface area contributed by atoms with Gasteiger partial charge < -0.3 is 50.1 Å². The van der Waals surface area contributed by atoms with E-state index >= 15 is 0 Å². The molecule has 0 radical (unpaired) electrons. The summed E-state index contributed by atoms with van der Waals surface area (Å²) < 4.78 is 146. The van der Waals surface area contributed by atoms with Gasteiger partial charge >= 0.3 is 24.5 Å². The fourth-order valence-corrected chi connectivity index (χ4v) is 9.65. The van der Waals surface area contributed by atoms with E-state index in [2.05, 4.69) is 15.0 Å². The summed E-state index contributed by atoms with van der Waals surface area (Å²) in [5.41, 5.74) is 11.2. The van der Waals surface area contributed by atoms with Gasteiger partial charge in [0.2, 0.25) is 5.91 Å². The first-order chi connectivity index (χ1) is 46.2. The van der Waals surface area contributed by atoms with Crippen LogP contribution >= 0.6 is 0 Å². The summed E-state index contributed by atoms with van der Waals surface area (Å²) in [7, 11) is 1.59. The maximum absolute atomic E-state index is 13.4. The predicted molar refractivity (Wildman–Crippen MR) is 335 cm³/mol. The highest BCUT2D eigenvalue weighted by atomic mass is 19.4. The van der Waals surface area contributed by atoms with Gasteiger partial charge in [-0.2, -0.15) is 39.5 Å². The second kappa shape index (κ2) is 29.2. The highest BCUT2D eigenvalue weighted by molar-refractivity contribution is 6.00. The molecule has 11 rings (SSSR count). The SMILES string of the molecule is CC(=O)c1cc(C(F)(F)F)ccc1Oc1ccc(-c2cccc(C(N)=O)n2)cc1.CC1(C)OCC(c2cccc(-c3ccc(Oc4ccc(C(F)(F)F)cc4C(=O)O)cc3)n2)O1.CN1CCN(C(=O)c2cc(C(F)(F)F)ccc2Oc2ccc(-c3cccc(C(N)=O)n3)cc2)CC1=O. The number of ether oxygens (including phenoxy) is 5. The van der Waals surface area contributed by atoms with Crippen molar-refractivity contribution in [3.05, 3.63) is 232 Å². The molecule has 19 nitrogen and oxygen atoms in total. The number of carbonyl (C=O) groups is 6. The molecule has 5 N–H and O–H groups in total. The number of likely N-dealkylation sites (N-methyl/N-ethyl adjacent to an activating group) is 1. The van der Waals surface area contributed by atoms with E-state index in [4.69, 9.17) is 35.2 Å². The first kappa shape index (κ1) is 70.8. The number of hydrogen-bond donors (Lipinski definition) is 3. The third-order valence-electron chi connectivity index (χ3n) is 14.8. The zero-order chi connectivity index (χ0) is 71.0. The van der Waals surface area contributed by atoms with Crippen molar-refractivity contribution in [1.82, 2.24) is 24.8 Å². The molecule has 2 saturated heterocycles. The predicted octanol–water partition coefficient (Wildman–Crippen LogP) is 14.5. The topological polar surface area (TPSA) is 266 Å². The van der Waals surface area contributed by atoms with Crippen LogP contribution in [-0.2, 0) is 32.8 Å². The molecule has 98 heavy (non-hydrogen) atoms. The smallest absolute Gasteiger partial charge is 0.416 e. The Morgan fingerprint density at radius 2 is 0.918 bits per heavy atom. The minimum atomic E-state index is -4.67. The number of ketones is 1. The van der Waals surface area contributed by atoms with Gasteiger partial charge in [-0.15, -0.1) is 0 Å². The van der Waals surface area contributed by atoms with Crippen molar-refractivity contribution in [3.8, 4) is 68.3 Å². The summed E-state index contributed by atoms with van der Waals surface area (Å²) in [6.07, 6.45) is -14.2. The van der Waals surface area contributed by atoms with E-state index in [0.29, 0.717) is 46.6 Å². The minimum absolute atomic E-state index is 0.0205. The molecular formula is C70H56F9N7O12. The number of Topliss-reactive ketones (excluding diaryl/α,β-unsaturated/α-hetero) is 1. The van der Waals surface area contributed by atoms with E-state index in [1.165, 1.54) is 28.9 Å². The molecule has 0 bridgehead atoms. The Morgan fingerprint density at radius 3 is 1.30 bits per heavy atom. The number of halogens is 9. The Kier molecular flexibility index (Phi) is 21.1. The Balaban J connectivity index is 0.000000173. The number of carbonyl (C=O) groups excluding carboxylic acids is 5. The van der Waals surface area contributed by atoms with Crippen molar-refractivity contribution >= 4 is 35.4 Å². The quantitative estimate of drug-likeness (QED) is 0.0636. The number of primary amides is 2. The standard InChI is InChI=1S/C25H21F3N4O4.C24H20F3NO5.C21H15F3N2O3/c1-31-11-12-32(14-22(31)33)24(35)18-13-16(25(26,27)28)7-10-21(18)36-17-8-5-15(6-9-17)19-3-2-4-20(30-19)23(29)34;1-23(2)31-13-21(33-23)19-5-3-4-18(28-19)14-6-9-16(10-7-14)32-20-11-8-15(24(25,26)27)12-17(20)22(29)30;1-12(27)16-11-14(21(22,23)24)7-10-19(16)29-15-8-5-13(6-9-15)17-3-2-4-18(26-17)20(25)28/h2-10,13H,11-12,14H2,1H3,(H2,29,34);3-12,21H,13H2,1-2H3,(H,29,30);2-11H,1H3,(H2,25,28). The lowest BCUT2D eigenvalue weighted by atomic mass is 10.1. The van der Waals surface area contributed by atoms with Gasteiger partial charge in [0.25, 0.3) is 17.7 Å². The largest absolute Gasteiger partial charge is 0.478 e. The van der Waals surface area contributed by atoms with Crippen molar-refractivity contribution in [1.29, 1.82) is 0 Å². The molecule has 1 atom stereocenters. The van der Waals surface area contributed by atoms with Crippen molar-refractivity contribution in [3.63, 3.8) is 0 Å². The summed E-state index contributed by atoms with van der Waals surface area (Å²) in [4.78, 5) is 86.6. The number of aromatic nitrogens is 3. The zero-order valence-corrected chi connectivity index (χ0v) is 52.0. The minimum Gasteiger partial charge on any atom is -0.478 e. The Hall–Kier alpha value is -11.5. The molecule has 0 saturated carbocycles. The molecule has 2 aliphatic heterocycles. The lowest BCUT2D eigenvalue weighted by molar-refractivity contribution is -0.139. The number of alkyl halides is 9. The first-order valence-electron chi connectivity index (χ1n) is 29.3. The second-order valence-electron chi connectivity index (χ2n) is 22.2. The average Bonchev–Trinajstić information content (AvgIpc) is 0.851. The van der Waals surface area contributed by atoms with Gasteiger partial charge in [0, 0.05) is 36.8 Å². The fourth-order valence-electron chi connectivity index (χ4n) is 9.65. The molecule has 2 aliphatic rings. The van der Waals surface area contributed by atoms with Crippen LogP contribution in [0.5, 0.6) is 34.5 Å². The van der Waals surface area contributed by atoms with Gasteiger partial charge in [0.1, 0.15) is 64.1 Å². The van der Waals surface area contributed by atoms with E-state index in [0.717, 1.165) is 59.8 Å². The monoisotopic (exact) mass is 1360 g/mol. The third-order valence-corrected chi connectivity index (χ3v) is 14.8. The van der Waals surface area contributed by atoms with Crippen LogP contribution in [0.4, 0.5) is 39.5 Å². The molecule has 28 heteroatoms. The maximum atomic E-state index is 13.4. The average molecular weight is 1360 g/mol. The first-order valence-corrected chi connectivity index (χ1v) is 29.3. The van der Waals surface area contributed by atoms with E-state index in [1.54, 1.807) is 104 Å². The maximum Gasteiger partial charge on any atom is 0.416 e. The molecule has 5 heterocycles. The van der Waals surface area contributed by atoms with Crippen LogP contribution in [0.1, 0.15) is 101 Å². The number of aromatic carboxylic acids is 1. The molecule has 2 fully saturated rings. The van der Waals surface area contributed by atoms with Crippen LogP contribution in [0.3, 0.4) is 0 Å². The van der Waals surface area contributed by atoms with Crippen LogP contribution in [0.25, 0.3) is 33.8 Å². The summed E-state index contributed by atoms with van der Waals surface area (Å²) in [6.45, 7) is 5.45. The highest BCUT2D eigenvalue weighted by Gasteiger charge is 2.37. The van der Waals surface area contributed by atoms with Crippen LogP contribution in [-0.4, -0.2) is 104 Å². The number of carboxylic acids is 1. The van der Waals surface area contributed by atoms with Gasteiger partial charge in [0.15, 0.2) is 11.6 Å². The molecule has 0 aliphatic carbocycles. The lowest BCUT2D eigenvalue weighted by Gasteiger charge is -2.32. The molecule has 9 aromatic rings. The lowest BCUT2D eigenvalue weighted by Crippen LogP contribution is -2.50. The molecule has 0 spiro atoms. The number of amides is 4. The Bertz CT molecular complexity index is 4470. The van der Waals surface area contributed by atoms with Crippen LogP contribution < -0.4 is 25.7 Å². The molecule has 6 aromatic carbocycles. The van der Waals surface area contributed by atoms with Gasteiger partial charge in [-0.25, -0.2) is 19.7 Å². The number of piperazine rings is 1. The summed E-state index contributed by atoms with van der Waals surface area (Å²) >= 11 is 0. The van der Waals surface area contributed by atoms with Gasteiger partial charge in [-0.05, 0) is 185 Å². The van der Waals surface area contributed by atoms with Crippen molar-refractivity contribution in [2.24, 2.45) is 11.5 Å². The van der Waals surface area contributed by atoms with Crippen molar-refractivity contribution < 1.29 is 97.1 Å². The number of nitrogens with zero attached hydrogens (tertiary/aromatic N) is 5. The summed E-state index contributed by atoms with van der Waals surface area (Å²) in [5, 5.41) is 9.30. The molecule has 506 valence electrons. The van der Waals surface area contributed by atoms with E-state index in [-0.39, 0.29) is 82.9 Å². The molecule has 4 amide bonds. The van der Waals surface area contributed by atoms with Crippen LogP contribution in [0.15, 0.2) is 182 Å². The molecule has 1 unspecified atom stereocenters. The van der Waals surface area contributed by atoms with Gasteiger partial charge in [0.05, 0.1) is 57.2 Å². The molecular weight excluding hydrogens is 1300 g/mol. The number of nitrogens with two attached hydrogens (primary N) is 2. The van der Waals surface area contributed by atoms with Crippen molar-refractivity contribution in [2.45, 2.75) is 51.2 Å². The van der Waals surface area contributed by atoms with E-state index in [9.17, 15) is 73.4 Å². The van der Waals surface area contributed by atoms with Crippen molar-refractivity contribution in [2.75, 3.05) is 33.3 Å². The van der Waals surface area contributed by atoms with Gasteiger partial charge in [-0.1, -0.05) is 18.2 Å². The summed E-state index contributed by atoms with van der Waals surface area (Å²) in [5.74, 6) is -4.50. The fraction of sp³-hybridized carbons (Fsp3) is 0.186. The van der Waals surface area contributed by atoms with E-state index < -0.39 is 76.0 Å².